The van der Waals surface area contributed by atoms with E-state index in [1.807, 2.05) is 31.2 Å². The molecule has 0 bridgehead atoms. The molecule has 1 amide bonds. The molecule has 10 N–H and O–H groups in total. The second-order valence-electron chi connectivity index (χ2n) is 18.1. The van der Waals surface area contributed by atoms with E-state index >= 15 is 0 Å². The smallest absolute Gasteiger partial charge is 0.241 e. The number of carbonyl (C=O) groups is 1. The number of fused-ring (bicyclic) bond motifs is 1. The highest BCUT2D eigenvalue weighted by atomic mass is 32.2. The molecule has 1 aromatic heterocycles. The summed E-state index contributed by atoms with van der Waals surface area (Å²) in [5.41, 5.74) is 4.64. The van der Waals surface area contributed by atoms with Gasteiger partial charge in [0.2, 0.25) is 21.9 Å². The first kappa shape index (κ1) is 48.0. The Balaban J connectivity index is 0.779. The monoisotopic (exact) mass is 915 g/mol. The van der Waals surface area contributed by atoms with Gasteiger partial charge in [-0.25, -0.2) is 23.0 Å². The van der Waals surface area contributed by atoms with Crippen LogP contribution in [0.2, 0.25) is 0 Å². The van der Waals surface area contributed by atoms with Gasteiger partial charge >= 0.3 is 0 Å². The topological polar surface area (TPSA) is 240 Å². The number of amides is 1. The Hall–Kier alpha value is -4.96. The summed E-state index contributed by atoms with van der Waals surface area (Å²) in [7, 11) is -3.71. The highest BCUT2D eigenvalue weighted by Crippen LogP contribution is 2.45. The zero-order valence-electron chi connectivity index (χ0n) is 37.7. The van der Waals surface area contributed by atoms with Crippen molar-refractivity contribution in [1.82, 2.24) is 35.1 Å². The Bertz CT molecular complexity index is 2340. The van der Waals surface area contributed by atoms with Crippen LogP contribution in [0.15, 0.2) is 77.8 Å². The number of aliphatic hydroxyl groups excluding tert-OH is 4. The van der Waals surface area contributed by atoms with Crippen molar-refractivity contribution in [2.45, 2.75) is 108 Å². The second kappa shape index (κ2) is 21.1. The van der Waals surface area contributed by atoms with Gasteiger partial charge in [0.05, 0.1) is 17.5 Å². The van der Waals surface area contributed by atoms with Gasteiger partial charge in [0.25, 0.3) is 0 Å². The molecule has 0 saturated carbocycles. The minimum atomic E-state index is -3.71. The molecular weight excluding hydrogens is 851 g/mol. The first-order chi connectivity index (χ1) is 31.0. The molecule has 19 heteroatoms. The van der Waals surface area contributed by atoms with Gasteiger partial charge in [-0.05, 0) is 102 Å². The summed E-state index contributed by atoms with van der Waals surface area (Å²) >= 11 is 0. The molecule has 352 valence electrons. The van der Waals surface area contributed by atoms with E-state index in [4.69, 9.17) is 0 Å². The number of sulfonamides is 1. The molecule has 3 aliphatic heterocycles. The molecule has 3 aromatic carbocycles. The lowest BCUT2D eigenvalue weighted by Crippen LogP contribution is -2.57. The van der Waals surface area contributed by atoms with E-state index in [2.05, 4.69) is 63.2 Å². The van der Waals surface area contributed by atoms with Crippen LogP contribution in [0.3, 0.4) is 0 Å². The zero-order valence-corrected chi connectivity index (χ0v) is 38.5. The van der Waals surface area contributed by atoms with Crippen molar-refractivity contribution in [2.24, 2.45) is 0 Å². The first-order valence-corrected chi connectivity index (χ1v) is 24.0. The number of piperazine rings is 1. The molecule has 0 radical (unpaired) electrons. The highest BCUT2D eigenvalue weighted by molar-refractivity contribution is 7.89. The highest BCUT2D eigenvalue weighted by Gasteiger charge is 2.45. The van der Waals surface area contributed by atoms with Gasteiger partial charge in [0.15, 0.2) is 0 Å². The van der Waals surface area contributed by atoms with Crippen LogP contribution in [0.1, 0.15) is 88.4 Å². The van der Waals surface area contributed by atoms with Crippen LogP contribution in [0, 0.1) is 6.92 Å². The van der Waals surface area contributed by atoms with Gasteiger partial charge in [0, 0.05) is 90.4 Å². The normalized spacial score (nSPS) is 21.8. The summed E-state index contributed by atoms with van der Waals surface area (Å²) in [5.74, 6) is 0.977. The summed E-state index contributed by atoms with van der Waals surface area (Å²) < 4.78 is 28.5. The van der Waals surface area contributed by atoms with Crippen LogP contribution in [0.4, 0.5) is 34.5 Å². The van der Waals surface area contributed by atoms with Crippen molar-refractivity contribution in [3.8, 4) is 0 Å². The SMILES string of the molecule is Cc1cnc(Nc2ccc(N3CCN(CC(=O)NCCCCCCNc4cccc5c4C(O)N(C4CCC(O)NC4O)C5O)CC3)cc2)nc1Nc1cccc(S(=O)(=O)NC(C)(C)C)c1. The largest absolute Gasteiger partial charge is 0.385 e. The number of hydrogen-bond donors (Lipinski definition) is 10. The number of nitrogens with one attached hydrogen (secondary N) is 6. The summed E-state index contributed by atoms with van der Waals surface area (Å²) in [6, 6.07) is 19.6. The molecule has 18 nitrogen and oxygen atoms in total. The number of aryl methyl sites for hydroxylation is 1. The number of aliphatic hydroxyl groups is 4. The first-order valence-electron chi connectivity index (χ1n) is 22.5. The zero-order chi connectivity index (χ0) is 46.3. The number of nitrogens with zero attached hydrogens (tertiary/aromatic N) is 5. The average Bonchev–Trinajstić information content (AvgIpc) is 3.51. The number of benzene rings is 3. The fraction of sp³-hybridized carbons (Fsp3) is 0.500. The number of hydrogen-bond acceptors (Lipinski definition) is 16. The van der Waals surface area contributed by atoms with E-state index < -0.39 is 46.5 Å². The number of aromatic nitrogens is 2. The van der Waals surface area contributed by atoms with Crippen LogP contribution in [-0.2, 0) is 14.8 Å². The molecule has 5 unspecified atom stereocenters. The standard InChI is InChI=1S/C46H65N11O7S/c1-30-28-49-45(53-41(30)50-32-11-9-12-34(27-32)65(63,64)54-46(2,3)4)51-31-15-17-33(18-16-31)56-25-23-55(24-26-56)29-39(59)48-22-8-6-5-7-21-47-36-14-10-13-35-40(36)44(62)57(43(35)61)37-19-20-38(58)52-42(37)60/h9-18,27-28,37-38,42-44,47,52,54,58,60-62H,5-8,19-26,29H2,1-4H3,(H,48,59)(H2,49,50,51,53). The van der Waals surface area contributed by atoms with Crippen molar-refractivity contribution in [3.63, 3.8) is 0 Å². The molecule has 2 saturated heterocycles. The maximum Gasteiger partial charge on any atom is 0.241 e. The number of piperidine rings is 1. The van der Waals surface area contributed by atoms with Gasteiger partial charge in [-0.1, -0.05) is 31.0 Å². The van der Waals surface area contributed by atoms with Crippen LogP contribution < -0.4 is 36.2 Å². The fourth-order valence-corrected chi connectivity index (χ4v) is 10.0. The number of unbranched alkanes of at least 4 members (excludes halogenated alkanes) is 3. The predicted molar refractivity (Wildman–Crippen MR) is 251 cm³/mol. The molecule has 4 heterocycles. The van der Waals surface area contributed by atoms with Gasteiger partial charge < -0.3 is 46.6 Å². The van der Waals surface area contributed by atoms with Crippen molar-refractivity contribution in [3.05, 3.63) is 89.6 Å². The Morgan fingerprint density at radius 3 is 2.29 bits per heavy atom. The van der Waals surface area contributed by atoms with Gasteiger partial charge in [0.1, 0.15) is 30.7 Å². The minimum Gasteiger partial charge on any atom is -0.385 e. The molecule has 4 aromatic rings. The van der Waals surface area contributed by atoms with E-state index in [1.165, 1.54) is 4.90 Å². The molecule has 7 rings (SSSR count). The maximum atomic E-state index is 12.9. The number of carbonyl (C=O) groups excluding carboxylic acids is 1. The summed E-state index contributed by atoms with van der Waals surface area (Å²) in [6.45, 7) is 12.1. The maximum absolute atomic E-state index is 12.9. The van der Waals surface area contributed by atoms with E-state index in [-0.39, 0.29) is 10.8 Å². The quantitative estimate of drug-likeness (QED) is 0.0636. The Labute approximate surface area is 381 Å². The predicted octanol–water partition coefficient (Wildman–Crippen LogP) is 3.95. The Morgan fingerprint density at radius 1 is 0.846 bits per heavy atom. The van der Waals surface area contributed by atoms with Gasteiger partial charge in [-0.3, -0.25) is 15.0 Å². The van der Waals surface area contributed by atoms with E-state index in [0.717, 1.165) is 74.5 Å². The fourth-order valence-electron chi connectivity index (χ4n) is 8.58. The third-order valence-corrected chi connectivity index (χ3v) is 13.6. The number of anilines is 6. The number of rotatable bonds is 18. The van der Waals surface area contributed by atoms with Crippen molar-refractivity contribution < 1.29 is 33.6 Å². The van der Waals surface area contributed by atoms with Crippen molar-refractivity contribution >= 4 is 50.4 Å². The lowest BCUT2D eigenvalue weighted by molar-refractivity contribution is -0.158. The van der Waals surface area contributed by atoms with Crippen LogP contribution in [-0.4, -0.2) is 124 Å². The summed E-state index contributed by atoms with van der Waals surface area (Å²) in [6.07, 6.45) is 2.20. The lowest BCUT2D eigenvalue weighted by Gasteiger charge is -2.40. The summed E-state index contributed by atoms with van der Waals surface area (Å²) in [4.78, 5) is 28.0. The third kappa shape index (κ3) is 12.5. The summed E-state index contributed by atoms with van der Waals surface area (Å²) in [5, 5.41) is 58.3. The van der Waals surface area contributed by atoms with E-state index in [0.29, 0.717) is 61.1 Å². The molecule has 0 spiro atoms. The average molecular weight is 916 g/mol. The molecule has 0 aliphatic carbocycles. The molecule has 3 aliphatic rings. The van der Waals surface area contributed by atoms with Crippen LogP contribution in [0.5, 0.6) is 0 Å². The van der Waals surface area contributed by atoms with E-state index in [9.17, 15) is 33.6 Å². The van der Waals surface area contributed by atoms with Crippen molar-refractivity contribution in [1.29, 1.82) is 0 Å². The van der Waals surface area contributed by atoms with Crippen LogP contribution in [0.25, 0.3) is 0 Å². The van der Waals surface area contributed by atoms with Gasteiger partial charge in [-0.15, -0.1) is 0 Å². The molecule has 2 fully saturated rings. The molecule has 5 atom stereocenters. The lowest BCUT2D eigenvalue weighted by atomic mass is 10.0. The van der Waals surface area contributed by atoms with Crippen LogP contribution >= 0.6 is 0 Å². The molecule has 65 heavy (non-hydrogen) atoms. The van der Waals surface area contributed by atoms with Gasteiger partial charge in [-0.2, -0.15) is 4.98 Å². The third-order valence-electron chi connectivity index (χ3n) is 11.9. The molecular formula is C46H65N11O7S. The second-order valence-corrected chi connectivity index (χ2v) is 19.8. The van der Waals surface area contributed by atoms with E-state index in [1.54, 1.807) is 57.3 Å². The van der Waals surface area contributed by atoms with Crippen molar-refractivity contribution in [2.75, 3.05) is 66.7 Å². The minimum absolute atomic E-state index is 0.0301. The Morgan fingerprint density at radius 2 is 1.57 bits per heavy atom. The Kier molecular flexibility index (Phi) is 15.6.